The monoisotopic (exact) mass is 370 g/mol. The van der Waals surface area contributed by atoms with Gasteiger partial charge in [-0.2, -0.15) is 0 Å². The SMILES string of the molecule is O=C(NCCC1=CCCCC1)c1ccnc(NCc2ccccc2Cl)n1. The highest BCUT2D eigenvalue weighted by Crippen LogP contribution is 2.19. The van der Waals surface area contributed by atoms with Gasteiger partial charge < -0.3 is 10.6 Å². The van der Waals surface area contributed by atoms with E-state index in [9.17, 15) is 4.79 Å². The van der Waals surface area contributed by atoms with Gasteiger partial charge in [-0.3, -0.25) is 4.79 Å². The molecule has 6 heteroatoms. The van der Waals surface area contributed by atoms with E-state index in [1.54, 1.807) is 12.3 Å². The van der Waals surface area contributed by atoms with Crippen LogP contribution in [-0.2, 0) is 6.54 Å². The highest BCUT2D eigenvalue weighted by molar-refractivity contribution is 6.31. The van der Waals surface area contributed by atoms with Crippen LogP contribution in [0.3, 0.4) is 0 Å². The highest BCUT2D eigenvalue weighted by atomic mass is 35.5. The van der Waals surface area contributed by atoms with Gasteiger partial charge in [-0.25, -0.2) is 9.97 Å². The van der Waals surface area contributed by atoms with Crippen molar-refractivity contribution < 1.29 is 4.79 Å². The number of aromatic nitrogens is 2. The normalized spacial score (nSPS) is 13.8. The Balaban J connectivity index is 1.52. The number of nitrogens with zero attached hydrogens (tertiary/aromatic N) is 2. The predicted molar refractivity (Wildman–Crippen MR) is 104 cm³/mol. The fourth-order valence-electron chi connectivity index (χ4n) is 2.95. The molecule has 1 aliphatic rings. The fraction of sp³-hybridized carbons (Fsp3) is 0.350. The molecule has 26 heavy (non-hydrogen) atoms. The van der Waals surface area contributed by atoms with Crippen molar-refractivity contribution in [2.45, 2.75) is 38.6 Å². The number of hydrogen-bond acceptors (Lipinski definition) is 4. The second-order valence-electron chi connectivity index (χ2n) is 6.32. The zero-order valence-electron chi connectivity index (χ0n) is 14.7. The molecule has 0 atom stereocenters. The molecule has 3 rings (SSSR count). The molecule has 0 saturated heterocycles. The second kappa shape index (κ2) is 9.34. The average Bonchev–Trinajstić information content (AvgIpc) is 2.68. The first kappa shape index (κ1) is 18.4. The van der Waals surface area contributed by atoms with E-state index >= 15 is 0 Å². The lowest BCUT2D eigenvalue weighted by Gasteiger charge is -2.13. The van der Waals surface area contributed by atoms with E-state index in [0.29, 0.717) is 29.8 Å². The molecule has 2 N–H and O–H groups in total. The number of hydrogen-bond donors (Lipinski definition) is 2. The lowest BCUT2D eigenvalue weighted by atomic mass is 9.97. The predicted octanol–water partition coefficient (Wildman–Crippen LogP) is 4.36. The number of allylic oxidation sites excluding steroid dienone is 1. The number of carbonyl (C=O) groups excluding carboxylic acids is 1. The lowest BCUT2D eigenvalue weighted by Crippen LogP contribution is -2.26. The van der Waals surface area contributed by atoms with E-state index in [-0.39, 0.29) is 5.91 Å². The third-order valence-corrected chi connectivity index (χ3v) is 4.77. The molecule has 5 nitrogen and oxygen atoms in total. The summed E-state index contributed by atoms with van der Waals surface area (Å²) in [7, 11) is 0. The standard InChI is InChI=1S/C20H23ClN4O/c21-17-9-5-4-8-16(17)14-24-20-23-13-11-18(25-20)19(26)22-12-10-15-6-2-1-3-7-15/h4-6,8-9,11,13H,1-3,7,10,12,14H2,(H,22,26)(H,23,24,25). The first-order valence-corrected chi connectivity index (χ1v) is 9.36. The molecular weight excluding hydrogens is 348 g/mol. The first-order chi connectivity index (χ1) is 12.7. The largest absolute Gasteiger partial charge is 0.350 e. The van der Waals surface area contributed by atoms with Crippen LogP contribution in [0.15, 0.2) is 48.2 Å². The summed E-state index contributed by atoms with van der Waals surface area (Å²) >= 11 is 6.14. The van der Waals surface area contributed by atoms with E-state index in [0.717, 1.165) is 24.8 Å². The Morgan fingerprint density at radius 3 is 2.88 bits per heavy atom. The molecule has 1 heterocycles. The molecule has 1 aromatic heterocycles. The van der Waals surface area contributed by atoms with E-state index in [1.165, 1.54) is 18.4 Å². The molecule has 0 unspecified atom stereocenters. The van der Waals surface area contributed by atoms with Crippen LogP contribution in [0.1, 0.15) is 48.2 Å². The van der Waals surface area contributed by atoms with Crippen molar-refractivity contribution in [3.8, 4) is 0 Å². The molecular formula is C20H23ClN4O. The maximum Gasteiger partial charge on any atom is 0.270 e. The van der Waals surface area contributed by atoms with Gasteiger partial charge in [-0.05, 0) is 49.8 Å². The Morgan fingerprint density at radius 2 is 2.08 bits per heavy atom. The van der Waals surface area contributed by atoms with Crippen molar-refractivity contribution in [3.05, 3.63) is 64.5 Å². The summed E-state index contributed by atoms with van der Waals surface area (Å²) in [4.78, 5) is 20.8. The molecule has 1 aromatic carbocycles. The summed E-state index contributed by atoms with van der Waals surface area (Å²) in [6.07, 6.45) is 9.65. The van der Waals surface area contributed by atoms with Crippen molar-refractivity contribution in [2.75, 3.05) is 11.9 Å². The van der Waals surface area contributed by atoms with Crippen molar-refractivity contribution in [1.29, 1.82) is 0 Å². The van der Waals surface area contributed by atoms with Crippen LogP contribution in [0.25, 0.3) is 0 Å². The van der Waals surface area contributed by atoms with Crippen LogP contribution in [0, 0.1) is 0 Å². The molecule has 1 aliphatic carbocycles. The van der Waals surface area contributed by atoms with Crippen LogP contribution >= 0.6 is 11.6 Å². The molecule has 0 saturated carbocycles. The van der Waals surface area contributed by atoms with Crippen molar-refractivity contribution in [3.63, 3.8) is 0 Å². The van der Waals surface area contributed by atoms with Gasteiger partial charge in [0.25, 0.3) is 5.91 Å². The molecule has 0 radical (unpaired) electrons. The van der Waals surface area contributed by atoms with Gasteiger partial charge in [-0.15, -0.1) is 0 Å². The summed E-state index contributed by atoms with van der Waals surface area (Å²) in [5.74, 6) is 0.233. The Kier molecular flexibility index (Phi) is 6.61. The zero-order chi connectivity index (χ0) is 18.2. The maximum absolute atomic E-state index is 12.3. The number of anilines is 1. The van der Waals surface area contributed by atoms with Crippen LogP contribution in [0.5, 0.6) is 0 Å². The van der Waals surface area contributed by atoms with Crippen molar-refractivity contribution in [1.82, 2.24) is 15.3 Å². The number of nitrogens with one attached hydrogen (secondary N) is 2. The quantitative estimate of drug-likeness (QED) is 0.710. The third kappa shape index (κ3) is 5.30. The summed E-state index contributed by atoms with van der Waals surface area (Å²) in [6, 6.07) is 9.21. The van der Waals surface area contributed by atoms with Gasteiger partial charge >= 0.3 is 0 Å². The molecule has 0 bridgehead atoms. The third-order valence-electron chi connectivity index (χ3n) is 4.40. The second-order valence-corrected chi connectivity index (χ2v) is 6.73. The van der Waals surface area contributed by atoms with E-state index < -0.39 is 0 Å². The Labute approximate surface area is 158 Å². The summed E-state index contributed by atoms with van der Waals surface area (Å²) in [5, 5.41) is 6.73. The van der Waals surface area contributed by atoms with E-state index in [2.05, 4.69) is 26.7 Å². The number of benzene rings is 1. The van der Waals surface area contributed by atoms with Crippen LogP contribution in [0.4, 0.5) is 5.95 Å². The van der Waals surface area contributed by atoms with E-state index in [4.69, 9.17) is 11.6 Å². The van der Waals surface area contributed by atoms with Gasteiger partial charge in [0.2, 0.25) is 5.95 Å². The highest BCUT2D eigenvalue weighted by Gasteiger charge is 2.10. The minimum atomic E-state index is -0.176. The van der Waals surface area contributed by atoms with Gasteiger partial charge in [0, 0.05) is 24.3 Å². The first-order valence-electron chi connectivity index (χ1n) is 8.99. The molecule has 2 aromatic rings. The van der Waals surface area contributed by atoms with Gasteiger partial charge in [-0.1, -0.05) is 41.4 Å². The zero-order valence-corrected chi connectivity index (χ0v) is 15.4. The fourth-order valence-corrected chi connectivity index (χ4v) is 3.15. The van der Waals surface area contributed by atoms with Crippen LogP contribution in [-0.4, -0.2) is 22.4 Å². The summed E-state index contributed by atoms with van der Waals surface area (Å²) in [6.45, 7) is 1.13. The smallest absolute Gasteiger partial charge is 0.270 e. The lowest BCUT2D eigenvalue weighted by molar-refractivity contribution is 0.0949. The van der Waals surface area contributed by atoms with Crippen LogP contribution in [0.2, 0.25) is 5.02 Å². The number of rotatable bonds is 7. The molecule has 0 spiro atoms. The van der Waals surface area contributed by atoms with Gasteiger partial charge in [0.1, 0.15) is 5.69 Å². The van der Waals surface area contributed by atoms with Gasteiger partial charge in [0.05, 0.1) is 0 Å². The Hall–Kier alpha value is -2.40. The summed E-state index contributed by atoms with van der Waals surface area (Å²) in [5.41, 5.74) is 2.76. The summed E-state index contributed by atoms with van der Waals surface area (Å²) < 4.78 is 0. The number of amides is 1. The van der Waals surface area contributed by atoms with Crippen molar-refractivity contribution in [2.24, 2.45) is 0 Å². The van der Waals surface area contributed by atoms with Crippen molar-refractivity contribution >= 4 is 23.5 Å². The molecule has 136 valence electrons. The minimum absolute atomic E-state index is 0.176. The van der Waals surface area contributed by atoms with E-state index in [1.807, 2.05) is 24.3 Å². The van der Waals surface area contributed by atoms with Crippen LogP contribution < -0.4 is 10.6 Å². The Morgan fingerprint density at radius 1 is 1.19 bits per heavy atom. The maximum atomic E-state index is 12.3. The molecule has 0 fully saturated rings. The number of carbonyl (C=O) groups is 1. The molecule has 0 aliphatic heterocycles. The minimum Gasteiger partial charge on any atom is -0.350 e. The van der Waals surface area contributed by atoms with Gasteiger partial charge in [0.15, 0.2) is 0 Å². The average molecular weight is 371 g/mol. The number of halogens is 1. The Bertz CT molecular complexity index is 791. The molecule has 1 amide bonds. The topological polar surface area (TPSA) is 66.9 Å².